The maximum absolute atomic E-state index is 10.7. The van der Waals surface area contributed by atoms with Crippen LogP contribution in [-0.2, 0) is 4.79 Å². The lowest BCUT2D eigenvalue weighted by Crippen LogP contribution is -2.29. The number of aliphatic carboxylic acids is 1. The van der Waals surface area contributed by atoms with Gasteiger partial charge >= 0.3 is 5.97 Å². The second-order valence-electron chi connectivity index (χ2n) is 9.91. The first-order valence-electron chi connectivity index (χ1n) is 12.1. The number of carboxylic acid groups (broad SMARTS) is 1. The van der Waals surface area contributed by atoms with Crippen molar-refractivity contribution in [3.63, 3.8) is 0 Å². The van der Waals surface area contributed by atoms with Crippen LogP contribution < -0.4 is 5.73 Å². The lowest BCUT2D eigenvalue weighted by atomic mass is 9.72. The number of hydrogen-bond donors (Lipinski definition) is 2. The summed E-state index contributed by atoms with van der Waals surface area (Å²) in [5.41, 5.74) is 12.8. The van der Waals surface area contributed by atoms with Crippen molar-refractivity contribution < 1.29 is 9.90 Å². The predicted molar refractivity (Wildman–Crippen MR) is 136 cm³/mol. The highest BCUT2D eigenvalue weighted by Crippen LogP contribution is 2.40. The summed E-state index contributed by atoms with van der Waals surface area (Å²) in [6.07, 6.45) is 22.5. The standard InChI is InChI=1S/C28H42N2O2/c1-21(16-17-25-22(2)11-9-18-28(25,3)4)10-7-12-23-13-8-14-24(23)20-30-19-6-5-15-26(29)27(31)32/h7,10,12,16-17,20,26H,5-6,8-9,11,13-15,18-19,29H2,1-4H3,(H,31,32)/b12-7+,17-16+,21-10+,30-20?/t26-/m0/s1. The minimum absolute atomic E-state index is 0.278. The van der Waals surface area contributed by atoms with Gasteiger partial charge < -0.3 is 10.8 Å². The van der Waals surface area contributed by atoms with Crippen LogP contribution in [0.4, 0.5) is 0 Å². The van der Waals surface area contributed by atoms with E-state index in [4.69, 9.17) is 10.8 Å². The maximum atomic E-state index is 10.7. The van der Waals surface area contributed by atoms with Gasteiger partial charge in [0.2, 0.25) is 0 Å². The Hall–Kier alpha value is -2.20. The van der Waals surface area contributed by atoms with Gasteiger partial charge in [0.25, 0.3) is 0 Å². The van der Waals surface area contributed by atoms with Gasteiger partial charge in [0.1, 0.15) is 6.04 Å². The number of unbranched alkanes of at least 4 members (excludes halogenated alkanes) is 1. The largest absolute Gasteiger partial charge is 0.480 e. The number of allylic oxidation sites excluding steroid dienone is 10. The second kappa shape index (κ2) is 12.7. The molecule has 4 nitrogen and oxygen atoms in total. The smallest absolute Gasteiger partial charge is 0.320 e. The highest BCUT2D eigenvalue weighted by molar-refractivity contribution is 5.81. The Balaban J connectivity index is 1.88. The number of carboxylic acids is 1. The van der Waals surface area contributed by atoms with Crippen molar-refractivity contribution >= 4 is 12.2 Å². The molecule has 0 aromatic heterocycles. The van der Waals surface area contributed by atoms with Crippen molar-refractivity contribution in [1.82, 2.24) is 0 Å². The van der Waals surface area contributed by atoms with E-state index in [0.717, 1.165) is 32.2 Å². The zero-order chi connectivity index (χ0) is 23.6. The van der Waals surface area contributed by atoms with Crippen molar-refractivity contribution in [2.45, 2.75) is 91.5 Å². The molecule has 0 bridgehead atoms. The van der Waals surface area contributed by atoms with E-state index in [0.29, 0.717) is 6.42 Å². The minimum atomic E-state index is -0.925. The molecule has 2 rings (SSSR count). The van der Waals surface area contributed by atoms with Crippen molar-refractivity contribution in [2.75, 3.05) is 6.54 Å². The SMILES string of the molecule is CC1=C(/C=C/C(C)=C/C=C/C2=C(C=NCCCC[C@H](N)C(=O)O)CCC2)C(C)(C)CCC1. The number of aliphatic imine (C=N–C) groups is 1. The zero-order valence-electron chi connectivity index (χ0n) is 20.5. The molecule has 2 aliphatic carbocycles. The van der Waals surface area contributed by atoms with Gasteiger partial charge in [-0.15, -0.1) is 0 Å². The van der Waals surface area contributed by atoms with E-state index in [1.54, 1.807) is 0 Å². The van der Waals surface area contributed by atoms with Gasteiger partial charge in [0.15, 0.2) is 0 Å². The Morgan fingerprint density at radius 1 is 1.16 bits per heavy atom. The monoisotopic (exact) mass is 438 g/mol. The van der Waals surface area contributed by atoms with Gasteiger partial charge in [-0.1, -0.05) is 55.4 Å². The van der Waals surface area contributed by atoms with Crippen LogP contribution in [0.3, 0.4) is 0 Å². The molecule has 4 heteroatoms. The first-order chi connectivity index (χ1) is 15.2. The van der Waals surface area contributed by atoms with Gasteiger partial charge in [-0.3, -0.25) is 9.79 Å². The van der Waals surface area contributed by atoms with E-state index >= 15 is 0 Å². The normalized spacial score (nSPS) is 21.0. The molecule has 0 heterocycles. The Labute approximate surface area is 194 Å². The Morgan fingerprint density at radius 2 is 1.91 bits per heavy atom. The number of nitrogens with two attached hydrogens (primary N) is 1. The van der Waals surface area contributed by atoms with Gasteiger partial charge in [-0.25, -0.2) is 0 Å². The summed E-state index contributed by atoms with van der Waals surface area (Å²) in [4.78, 5) is 15.3. The third-order valence-electron chi connectivity index (χ3n) is 6.63. The zero-order valence-corrected chi connectivity index (χ0v) is 20.5. The molecule has 32 heavy (non-hydrogen) atoms. The van der Waals surface area contributed by atoms with Crippen LogP contribution >= 0.6 is 0 Å². The summed E-state index contributed by atoms with van der Waals surface area (Å²) >= 11 is 0. The second-order valence-corrected chi connectivity index (χ2v) is 9.91. The quantitative estimate of drug-likeness (QED) is 0.214. The molecular formula is C28H42N2O2. The third-order valence-corrected chi connectivity index (χ3v) is 6.63. The average molecular weight is 439 g/mol. The number of rotatable bonds is 11. The van der Waals surface area contributed by atoms with Crippen LogP contribution in [0, 0.1) is 5.41 Å². The maximum Gasteiger partial charge on any atom is 0.320 e. The molecule has 1 atom stereocenters. The van der Waals surface area contributed by atoms with Crippen molar-refractivity contribution in [1.29, 1.82) is 0 Å². The van der Waals surface area contributed by atoms with Crippen LogP contribution in [0.25, 0.3) is 0 Å². The molecule has 0 saturated heterocycles. The van der Waals surface area contributed by atoms with E-state index in [2.05, 4.69) is 63.1 Å². The van der Waals surface area contributed by atoms with Gasteiger partial charge in [0, 0.05) is 12.8 Å². The molecule has 2 aliphatic rings. The topological polar surface area (TPSA) is 75.7 Å². The summed E-state index contributed by atoms with van der Waals surface area (Å²) in [5.74, 6) is -0.925. The third kappa shape index (κ3) is 8.38. The van der Waals surface area contributed by atoms with E-state index in [-0.39, 0.29) is 5.41 Å². The van der Waals surface area contributed by atoms with Crippen LogP contribution in [0.15, 0.2) is 63.2 Å². The molecule has 0 aromatic rings. The van der Waals surface area contributed by atoms with E-state index in [1.165, 1.54) is 53.5 Å². The summed E-state index contributed by atoms with van der Waals surface area (Å²) in [6.45, 7) is 9.88. The Kier molecular flexibility index (Phi) is 10.4. The molecule has 0 fully saturated rings. The number of hydrogen-bond acceptors (Lipinski definition) is 3. The summed E-state index contributed by atoms with van der Waals surface area (Å²) in [7, 11) is 0. The molecule has 0 radical (unpaired) electrons. The van der Waals surface area contributed by atoms with Gasteiger partial charge in [-0.2, -0.15) is 0 Å². The molecule has 0 amide bonds. The molecule has 0 spiro atoms. The minimum Gasteiger partial charge on any atom is -0.480 e. The highest BCUT2D eigenvalue weighted by Gasteiger charge is 2.26. The molecule has 3 N–H and O–H groups in total. The predicted octanol–water partition coefficient (Wildman–Crippen LogP) is 6.71. The van der Waals surface area contributed by atoms with E-state index in [1.807, 2.05) is 6.21 Å². The summed E-state index contributed by atoms with van der Waals surface area (Å²) in [6, 6.07) is -0.755. The first-order valence-corrected chi connectivity index (χ1v) is 12.1. The summed E-state index contributed by atoms with van der Waals surface area (Å²) in [5, 5.41) is 8.81. The lowest BCUT2D eigenvalue weighted by molar-refractivity contribution is -0.138. The Morgan fingerprint density at radius 3 is 2.62 bits per heavy atom. The van der Waals surface area contributed by atoms with Crippen LogP contribution in [0.2, 0.25) is 0 Å². The van der Waals surface area contributed by atoms with E-state index in [9.17, 15) is 4.79 Å². The van der Waals surface area contributed by atoms with Crippen LogP contribution in [0.5, 0.6) is 0 Å². The Bertz CT molecular complexity index is 837. The first kappa shape index (κ1) is 26.1. The lowest BCUT2D eigenvalue weighted by Gasteiger charge is -2.32. The van der Waals surface area contributed by atoms with Crippen molar-refractivity contribution in [3.8, 4) is 0 Å². The van der Waals surface area contributed by atoms with Crippen molar-refractivity contribution in [3.05, 3.63) is 58.2 Å². The van der Waals surface area contributed by atoms with Crippen LogP contribution in [-0.4, -0.2) is 29.9 Å². The number of nitrogens with zero attached hydrogens (tertiary/aromatic N) is 1. The fourth-order valence-electron chi connectivity index (χ4n) is 4.59. The summed E-state index contributed by atoms with van der Waals surface area (Å²) < 4.78 is 0. The fraction of sp³-hybridized carbons (Fsp3) is 0.571. The molecule has 0 saturated carbocycles. The molecular weight excluding hydrogens is 396 g/mol. The van der Waals surface area contributed by atoms with Gasteiger partial charge in [0.05, 0.1) is 0 Å². The molecule has 0 aromatic carbocycles. The van der Waals surface area contributed by atoms with E-state index < -0.39 is 12.0 Å². The van der Waals surface area contributed by atoms with Crippen molar-refractivity contribution in [2.24, 2.45) is 16.1 Å². The molecule has 176 valence electrons. The van der Waals surface area contributed by atoms with Crippen LogP contribution in [0.1, 0.15) is 85.5 Å². The van der Waals surface area contributed by atoms with Gasteiger partial charge in [-0.05, 0) is 93.8 Å². The molecule has 0 unspecified atom stereocenters. The number of carbonyl (C=O) groups is 1. The fourth-order valence-corrected chi connectivity index (χ4v) is 4.59. The molecule has 0 aliphatic heterocycles. The highest BCUT2D eigenvalue weighted by atomic mass is 16.4. The average Bonchev–Trinajstić information content (AvgIpc) is 3.16.